The lowest BCUT2D eigenvalue weighted by Gasteiger charge is -2.19. The molecule has 0 unspecified atom stereocenters. The minimum absolute atomic E-state index is 0.310. The second-order valence-electron chi connectivity index (χ2n) is 5.08. The van der Waals surface area contributed by atoms with E-state index in [9.17, 15) is 9.59 Å². The quantitative estimate of drug-likeness (QED) is 0.536. The van der Waals surface area contributed by atoms with E-state index in [1.807, 2.05) is 39.3 Å². The Morgan fingerprint density at radius 3 is 1.54 bits per heavy atom. The first-order valence-corrected chi connectivity index (χ1v) is 11.2. The Balaban J connectivity index is 4.40. The first-order valence-electron chi connectivity index (χ1n) is 4.32. The molecule has 0 aliphatic rings. The van der Waals surface area contributed by atoms with E-state index in [1.54, 1.807) is 0 Å². The van der Waals surface area contributed by atoms with Gasteiger partial charge in [0.15, 0.2) is 0 Å². The number of carbonyl (C=O) groups is 2. The van der Waals surface area contributed by atoms with Crippen molar-refractivity contribution in [1.82, 2.24) is 0 Å². The fourth-order valence-electron chi connectivity index (χ4n) is 0.631. The molecule has 0 aliphatic carbocycles. The first kappa shape index (κ1) is 12.6. The van der Waals surface area contributed by atoms with Crippen LogP contribution in [-0.4, -0.2) is 27.8 Å². The van der Waals surface area contributed by atoms with Gasteiger partial charge < -0.3 is 4.43 Å². The van der Waals surface area contributed by atoms with Crippen LogP contribution >= 0.6 is 0 Å². The normalized spacial score (nSPS) is 12.5. The Morgan fingerprint density at radius 2 is 1.31 bits per heavy atom. The van der Waals surface area contributed by atoms with E-state index in [4.69, 9.17) is 4.43 Å². The topological polar surface area (TPSA) is 43.4 Å². The maximum atomic E-state index is 11.5. The summed E-state index contributed by atoms with van der Waals surface area (Å²) in [6.07, 6.45) is 0. The van der Waals surface area contributed by atoms with Crippen LogP contribution in [0.5, 0.6) is 0 Å². The van der Waals surface area contributed by atoms with Gasteiger partial charge in [-0.3, -0.25) is 4.79 Å². The lowest BCUT2D eigenvalue weighted by atomic mass is 10.8. The van der Waals surface area contributed by atoms with Gasteiger partial charge in [-0.1, -0.05) is 19.6 Å². The van der Waals surface area contributed by atoms with E-state index in [-0.39, 0.29) is 5.41 Å². The largest absolute Gasteiger partial charge is 0.515 e. The summed E-state index contributed by atoms with van der Waals surface area (Å²) in [6.45, 7) is 11.2. The van der Waals surface area contributed by atoms with Crippen molar-refractivity contribution in [3.8, 4) is 0 Å². The van der Waals surface area contributed by atoms with Crippen molar-refractivity contribution in [2.45, 2.75) is 39.3 Å². The molecule has 0 saturated heterocycles. The van der Waals surface area contributed by atoms with Crippen LogP contribution in [0.3, 0.4) is 0 Å². The number of hydrogen-bond donors (Lipinski definition) is 0. The van der Waals surface area contributed by atoms with Crippen molar-refractivity contribution in [2.75, 3.05) is 0 Å². The van der Waals surface area contributed by atoms with Gasteiger partial charge in [-0.05, 0) is 19.6 Å². The Morgan fingerprint density at radius 1 is 0.923 bits per heavy atom. The Labute approximate surface area is 81.6 Å². The van der Waals surface area contributed by atoms with Crippen molar-refractivity contribution in [1.29, 1.82) is 0 Å². The van der Waals surface area contributed by atoms with Crippen molar-refractivity contribution in [3.63, 3.8) is 0 Å². The van der Waals surface area contributed by atoms with Crippen LogP contribution in [0.2, 0.25) is 39.3 Å². The molecule has 0 radical (unpaired) electrons. The van der Waals surface area contributed by atoms with Gasteiger partial charge in [0.1, 0.15) is 8.07 Å². The van der Waals surface area contributed by atoms with Crippen molar-refractivity contribution in [3.05, 3.63) is 0 Å². The molecular formula is C8H18O3Si2. The van der Waals surface area contributed by atoms with E-state index < -0.39 is 22.4 Å². The highest BCUT2D eigenvalue weighted by Crippen LogP contribution is 2.08. The third-order valence-electron chi connectivity index (χ3n) is 1.27. The molecule has 0 atom stereocenters. The monoisotopic (exact) mass is 218 g/mol. The van der Waals surface area contributed by atoms with Crippen LogP contribution < -0.4 is 0 Å². The zero-order chi connectivity index (χ0) is 10.9. The molecule has 0 spiro atoms. The molecule has 0 amide bonds. The molecule has 3 nitrogen and oxygen atoms in total. The maximum absolute atomic E-state index is 11.5. The molecule has 0 N–H and O–H groups in total. The summed E-state index contributed by atoms with van der Waals surface area (Å²) in [5.74, 6) is -0.627. The van der Waals surface area contributed by atoms with Gasteiger partial charge >= 0.3 is 5.97 Å². The zero-order valence-corrected chi connectivity index (χ0v) is 11.2. The van der Waals surface area contributed by atoms with Gasteiger partial charge in [0.05, 0.1) is 0 Å². The van der Waals surface area contributed by atoms with Crippen LogP contribution in [0.25, 0.3) is 0 Å². The van der Waals surface area contributed by atoms with Crippen molar-refractivity contribution < 1.29 is 14.0 Å². The summed E-state index contributed by atoms with van der Waals surface area (Å²) < 4.78 is 5.11. The average Bonchev–Trinajstić information content (AvgIpc) is 1.79. The third kappa shape index (κ3) is 4.99. The lowest BCUT2D eigenvalue weighted by molar-refractivity contribution is -0.144. The van der Waals surface area contributed by atoms with E-state index in [0.29, 0.717) is 0 Å². The fraction of sp³-hybridized carbons (Fsp3) is 0.750. The fourth-order valence-corrected chi connectivity index (χ4v) is 2.04. The van der Waals surface area contributed by atoms with Crippen LogP contribution in [0.4, 0.5) is 0 Å². The van der Waals surface area contributed by atoms with E-state index in [2.05, 4.69) is 0 Å². The summed E-state index contributed by atoms with van der Waals surface area (Å²) in [6, 6.07) is 0. The number of hydrogen-bond acceptors (Lipinski definition) is 3. The standard InChI is InChI=1S/C8H18O3Si2/c1-12(2,3)8(10)7(9)11-13(4,5)6/h1-6H3. The molecule has 0 heterocycles. The molecule has 0 bridgehead atoms. The number of rotatable bonds is 3. The summed E-state index contributed by atoms with van der Waals surface area (Å²) in [5, 5.41) is -0.310. The van der Waals surface area contributed by atoms with Gasteiger partial charge in [0.2, 0.25) is 13.7 Å². The van der Waals surface area contributed by atoms with Crippen molar-refractivity contribution >= 4 is 27.8 Å². The minimum Gasteiger partial charge on any atom is -0.515 e. The highest BCUT2D eigenvalue weighted by molar-refractivity contribution is 7.11. The lowest BCUT2D eigenvalue weighted by Crippen LogP contribution is -2.44. The van der Waals surface area contributed by atoms with Gasteiger partial charge in [-0.25, -0.2) is 4.79 Å². The zero-order valence-electron chi connectivity index (χ0n) is 9.22. The minimum atomic E-state index is -2.01. The molecule has 0 aromatic rings. The second-order valence-corrected chi connectivity index (χ2v) is 14.5. The molecule has 0 saturated carbocycles. The SMILES string of the molecule is C[Si](C)(C)OC(=O)C(=O)[Si](C)(C)C. The molecule has 0 fully saturated rings. The van der Waals surface area contributed by atoms with E-state index in [0.717, 1.165) is 0 Å². The summed E-state index contributed by atoms with van der Waals surface area (Å²) >= 11 is 0. The van der Waals surface area contributed by atoms with E-state index in [1.165, 1.54) is 0 Å². The predicted molar refractivity (Wildman–Crippen MR) is 57.8 cm³/mol. The van der Waals surface area contributed by atoms with Gasteiger partial charge in [0.25, 0.3) is 0 Å². The molecule has 13 heavy (non-hydrogen) atoms. The average molecular weight is 218 g/mol. The molecule has 0 aromatic carbocycles. The van der Waals surface area contributed by atoms with Gasteiger partial charge in [0, 0.05) is 0 Å². The van der Waals surface area contributed by atoms with Crippen LogP contribution in [0, 0.1) is 0 Å². The first-order chi connectivity index (χ1) is 5.54. The van der Waals surface area contributed by atoms with Gasteiger partial charge in [-0.2, -0.15) is 0 Å². The molecule has 76 valence electrons. The summed E-state index contributed by atoms with van der Waals surface area (Å²) in [7, 11) is -3.92. The Hall–Kier alpha value is -0.426. The summed E-state index contributed by atoms with van der Waals surface area (Å²) in [4.78, 5) is 22.8. The molecule has 0 aliphatic heterocycles. The van der Waals surface area contributed by atoms with Crippen LogP contribution in [0.15, 0.2) is 0 Å². The van der Waals surface area contributed by atoms with Gasteiger partial charge in [-0.15, -0.1) is 0 Å². The molecular weight excluding hydrogens is 200 g/mol. The van der Waals surface area contributed by atoms with Crippen molar-refractivity contribution in [2.24, 2.45) is 0 Å². The maximum Gasteiger partial charge on any atom is 0.355 e. The number of carbonyl (C=O) groups excluding carboxylic acids is 2. The highest BCUT2D eigenvalue weighted by Gasteiger charge is 2.34. The Kier molecular flexibility index (Phi) is 3.63. The molecule has 0 rings (SSSR count). The smallest absolute Gasteiger partial charge is 0.355 e. The van der Waals surface area contributed by atoms with Crippen LogP contribution in [-0.2, 0) is 14.0 Å². The molecule has 5 heteroatoms. The van der Waals surface area contributed by atoms with E-state index >= 15 is 0 Å². The highest BCUT2D eigenvalue weighted by atomic mass is 28.4. The second kappa shape index (κ2) is 3.75. The molecule has 0 aromatic heterocycles. The Bertz CT molecular complexity index is 223. The van der Waals surface area contributed by atoms with Crippen LogP contribution in [0.1, 0.15) is 0 Å². The third-order valence-corrected chi connectivity index (χ3v) is 3.63. The predicted octanol–water partition coefficient (Wildman–Crippen LogP) is 1.81. The summed E-state index contributed by atoms with van der Waals surface area (Å²) in [5.41, 5.74) is 0.